The molecule has 3 fully saturated rings. The third-order valence-corrected chi connectivity index (χ3v) is 9.83. The van der Waals surface area contributed by atoms with Crippen LogP contribution in [0, 0.1) is 11.3 Å². The summed E-state index contributed by atoms with van der Waals surface area (Å²) in [4.78, 5) is 31.5. The number of rotatable bonds is 6. The average molecular weight is 548 g/mol. The molecular weight excluding hydrogens is 514 g/mol. The van der Waals surface area contributed by atoms with Crippen LogP contribution in [0.2, 0.25) is 5.02 Å². The molecule has 0 aromatic carbocycles. The predicted octanol–water partition coefficient (Wildman–Crippen LogP) is 4.07. The van der Waals surface area contributed by atoms with E-state index in [9.17, 15) is 9.90 Å². The first-order chi connectivity index (χ1) is 17.9. The normalized spacial score (nSPS) is 25.2. The van der Waals surface area contributed by atoms with Gasteiger partial charge < -0.3 is 24.4 Å². The van der Waals surface area contributed by atoms with Gasteiger partial charge in [0, 0.05) is 36.1 Å². The van der Waals surface area contributed by atoms with Gasteiger partial charge in [0.2, 0.25) is 0 Å². The van der Waals surface area contributed by atoms with Crippen LogP contribution in [0.5, 0.6) is 0 Å². The molecule has 3 aliphatic rings. The molecule has 5 rings (SSSR count). The highest BCUT2D eigenvalue weighted by molar-refractivity contribution is 7.99. The van der Waals surface area contributed by atoms with Crippen LogP contribution in [-0.2, 0) is 9.47 Å². The molecular formula is C26H34ClN5O4S. The summed E-state index contributed by atoms with van der Waals surface area (Å²) >= 11 is 8.09. The number of aromatic nitrogens is 3. The van der Waals surface area contributed by atoms with Crippen LogP contribution in [0.15, 0.2) is 28.4 Å². The van der Waals surface area contributed by atoms with Crippen molar-refractivity contribution in [2.24, 2.45) is 11.3 Å². The molecule has 0 amide bonds. The lowest BCUT2D eigenvalue weighted by Gasteiger charge is -2.42. The van der Waals surface area contributed by atoms with Gasteiger partial charge in [-0.05, 0) is 44.6 Å². The number of ether oxygens (including phenoxy) is 2. The van der Waals surface area contributed by atoms with Gasteiger partial charge in [0.1, 0.15) is 10.8 Å². The molecule has 1 unspecified atom stereocenters. The van der Waals surface area contributed by atoms with Gasteiger partial charge in [-0.15, -0.1) is 0 Å². The maximum absolute atomic E-state index is 12.7. The quantitative estimate of drug-likeness (QED) is 0.532. The van der Waals surface area contributed by atoms with E-state index in [0.717, 1.165) is 56.8 Å². The first-order valence-corrected chi connectivity index (χ1v) is 14.1. The molecule has 1 spiro atoms. The third kappa shape index (κ3) is 5.01. The van der Waals surface area contributed by atoms with E-state index < -0.39 is 5.97 Å². The molecule has 0 bridgehead atoms. The molecule has 11 heteroatoms. The number of aliphatic hydroxyl groups excluding tert-OH is 1. The number of esters is 1. The van der Waals surface area contributed by atoms with Crippen molar-refractivity contribution in [2.45, 2.75) is 61.6 Å². The van der Waals surface area contributed by atoms with Crippen LogP contribution in [0.1, 0.15) is 50.0 Å². The van der Waals surface area contributed by atoms with E-state index in [2.05, 4.69) is 38.6 Å². The Kier molecular flexibility index (Phi) is 7.81. The fraction of sp³-hybridized carbons (Fsp3) is 0.615. The van der Waals surface area contributed by atoms with Crippen molar-refractivity contribution in [3.63, 3.8) is 0 Å². The molecule has 2 aromatic rings. The van der Waals surface area contributed by atoms with Gasteiger partial charge in [-0.2, -0.15) is 0 Å². The van der Waals surface area contributed by atoms with Crippen molar-refractivity contribution in [1.29, 1.82) is 0 Å². The molecule has 2 aromatic heterocycles. The number of hydrogen-bond acceptors (Lipinski definition) is 10. The van der Waals surface area contributed by atoms with Gasteiger partial charge in [-0.25, -0.2) is 19.7 Å². The third-order valence-electron chi connectivity index (χ3n) is 8.38. The Morgan fingerprint density at radius 1 is 1.27 bits per heavy atom. The fourth-order valence-corrected chi connectivity index (χ4v) is 6.94. The molecule has 3 saturated heterocycles. The van der Waals surface area contributed by atoms with Gasteiger partial charge in [-0.3, -0.25) is 0 Å². The summed E-state index contributed by atoms with van der Waals surface area (Å²) in [7, 11) is 1.36. The summed E-state index contributed by atoms with van der Waals surface area (Å²) in [5.41, 5.74) is 0.392. The number of carbonyl (C=O) groups excluding carboxylic acids is 1. The topological polar surface area (TPSA) is 101 Å². The largest absolute Gasteiger partial charge is 0.464 e. The highest BCUT2D eigenvalue weighted by atomic mass is 35.5. The lowest BCUT2D eigenvalue weighted by Crippen LogP contribution is -2.44. The van der Waals surface area contributed by atoms with Crippen molar-refractivity contribution in [2.75, 3.05) is 49.8 Å². The minimum atomic E-state index is -0.513. The van der Waals surface area contributed by atoms with E-state index in [1.54, 1.807) is 12.4 Å². The number of anilines is 2. The van der Waals surface area contributed by atoms with Crippen LogP contribution in [0.25, 0.3) is 0 Å². The average Bonchev–Trinajstić information content (AvgIpc) is 3.50. The van der Waals surface area contributed by atoms with Crippen LogP contribution in [0.3, 0.4) is 0 Å². The predicted molar refractivity (Wildman–Crippen MR) is 143 cm³/mol. The molecule has 37 heavy (non-hydrogen) atoms. The second kappa shape index (κ2) is 10.9. The van der Waals surface area contributed by atoms with E-state index in [1.807, 2.05) is 6.07 Å². The van der Waals surface area contributed by atoms with E-state index in [0.29, 0.717) is 27.6 Å². The minimum absolute atomic E-state index is 0.0147. The summed E-state index contributed by atoms with van der Waals surface area (Å²) in [6, 6.07) is 1.84. The van der Waals surface area contributed by atoms with Gasteiger partial charge in [0.05, 0.1) is 43.7 Å². The van der Waals surface area contributed by atoms with Gasteiger partial charge >= 0.3 is 5.97 Å². The van der Waals surface area contributed by atoms with Crippen molar-refractivity contribution < 1.29 is 19.4 Å². The zero-order valence-electron chi connectivity index (χ0n) is 21.5. The van der Waals surface area contributed by atoms with Crippen LogP contribution < -0.4 is 9.80 Å². The Morgan fingerprint density at radius 2 is 2.05 bits per heavy atom. The number of aliphatic hydroxyl groups is 1. The van der Waals surface area contributed by atoms with Gasteiger partial charge in [0.15, 0.2) is 11.5 Å². The fourth-order valence-electron chi connectivity index (χ4n) is 5.83. The maximum Gasteiger partial charge on any atom is 0.360 e. The number of pyridine rings is 1. The maximum atomic E-state index is 12.7. The Balaban J connectivity index is 1.37. The highest BCUT2D eigenvalue weighted by Crippen LogP contribution is 2.47. The SMILES string of the molecule is COC(=O)c1nc(Sc2ccnc(N3CCCC3CO)c2Cl)cnc1N1CCC2(CC1)CO[C@@H](C)[C@H]2C. The molecule has 5 heterocycles. The van der Waals surface area contributed by atoms with Crippen LogP contribution in [0.4, 0.5) is 11.6 Å². The van der Waals surface area contributed by atoms with Crippen molar-refractivity contribution in [1.82, 2.24) is 15.0 Å². The molecule has 0 radical (unpaired) electrons. The van der Waals surface area contributed by atoms with E-state index in [1.165, 1.54) is 18.9 Å². The number of nitrogens with zero attached hydrogens (tertiary/aromatic N) is 5. The molecule has 0 aliphatic carbocycles. The Labute approximate surface area is 226 Å². The molecule has 1 N–H and O–H groups in total. The zero-order valence-corrected chi connectivity index (χ0v) is 23.1. The van der Waals surface area contributed by atoms with Crippen LogP contribution >= 0.6 is 23.4 Å². The Hall–Kier alpha value is -2.14. The van der Waals surface area contributed by atoms with E-state index in [-0.39, 0.29) is 29.9 Å². The van der Waals surface area contributed by atoms with Crippen molar-refractivity contribution >= 4 is 41.0 Å². The van der Waals surface area contributed by atoms with Gasteiger partial charge in [0.25, 0.3) is 0 Å². The standard InChI is InChI=1S/C26H34ClN5O4S/c1-16-17(2)36-15-26(16)7-11-31(12-8-26)24-22(25(34)35-3)30-20(13-29-24)37-19-6-9-28-23(21(19)27)32-10-4-5-18(32)14-33/h6,9,13,16-18,33H,4-5,7-8,10-12,14-15H2,1-3H3/t16-,17+,18?/m1/s1. The Bertz CT molecular complexity index is 1150. The van der Waals surface area contributed by atoms with Crippen molar-refractivity contribution in [3.8, 4) is 0 Å². The molecule has 3 atom stereocenters. The summed E-state index contributed by atoms with van der Waals surface area (Å²) in [6.45, 7) is 7.65. The summed E-state index contributed by atoms with van der Waals surface area (Å²) < 4.78 is 11.0. The number of carbonyl (C=O) groups is 1. The second-order valence-corrected chi connectivity index (χ2v) is 11.7. The summed E-state index contributed by atoms with van der Waals surface area (Å²) in [5.74, 6) is 1.20. The summed E-state index contributed by atoms with van der Waals surface area (Å²) in [5, 5.41) is 10.8. The molecule has 200 valence electrons. The number of methoxy groups -OCH3 is 1. The Morgan fingerprint density at radius 3 is 2.73 bits per heavy atom. The number of piperidine rings is 1. The van der Waals surface area contributed by atoms with Gasteiger partial charge in [-0.1, -0.05) is 30.3 Å². The lowest BCUT2D eigenvalue weighted by molar-refractivity contribution is 0.0592. The molecule has 3 aliphatic heterocycles. The second-order valence-electron chi connectivity index (χ2n) is 10.2. The zero-order chi connectivity index (χ0) is 26.2. The summed E-state index contributed by atoms with van der Waals surface area (Å²) in [6.07, 6.45) is 7.52. The lowest BCUT2D eigenvalue weighted by atomic mass is 9.70. The van der Waals surface area contributed by atoms with Crippen molar-refractivity contribution in [3.05, 3.63) is 29.2 Å². The molecule has 0 saturated carbocycles. The van der Waals surface area contributed by atoms with E-state index in [4.69, 9.17) is 21.1 Å². The highest BCUT2D eigenvalue weighted by Gasteiger charge is 2.47. The van der Waals surface area contributed by atoms with Crippen LogP contribution in [-0.4, -0.2) is 78.1 Å². The minimum Gasteiger partial charge on any atom is -0.464 e. The monoisotopic (exact) mass is 547 g/mol. The smallest absolute Gasteiger partial charge is 0.360 e. The first-order valence-electron chi connectivity index (χ1n) is 12.9. The number of halogens is 1. The first kappa shape index (κ1) is 26.5. The molecule has 9 nitrogen and oxygen atoms in total. The van der Waals surface area contributed by atoms with E-state index >= 15 is 0 Å². The number of hydrogen-bond donors (Lipinski definition) is 1.